The van der Waals surface area contributed by atoms with Crippen LogP contribution in [0.4, 0.5) is 0 Å². The standard InChI is InChI=1S/C9H17NO3/c1-4-13-9(12)6-10(7-11)5-8(2)3/h7-8H,4-6H2,1-3H3. The molecule has 0 unspecified atom stereocenters. The van der Waals surface area contributed by atoms with Gasteiger partial charge in [0.05, 0.1) is 6.61 Å². The highest BCUT2D eigenvalue weighted by atomic mass is 16.5. The summed E-state index contributed by atoms with van der Waals surface area (Å²) in [5, 5.41) is 0. The van der Waals surface area contributed by atoms with Crippen LogP contribution in [-0.2, 0) is 14.3 Å². The van der Waals surface area contributed by atoms with Crippen LogP contribution in [0.5, 0.6) is 0 Å². The van der Waals surface area contributed by atoms with Crippen LogP contribution >= 0.6 is 0 Å². The number of rotatable bonds is 6. The van der Waals surface area contributed by atoms with Crippen LogP contribution in [0.3, 0.4) is 0 Å². The zero-order valence-electron chi connectivity index (χ0n) is 8.45. The van der Waals surface area contributed by atoms with Gasteiger partial charge in [0.25, 0.3) is 0 Å². The molecule has 0 N–H and O–H groups in total. The lowest BCUT2D eigenvalue weighted by Crippen LogP contribution is -2.32. The smallest absolute Gasteiger partial charge is 0.325 e. The molecule has 1 amide bonds. The summed E-state index contributed by atoms with van der Waals surface area (Å²) in [6, 6.07) is 0. The van der Waals surface area contributed by atoms with Crippen LogP contribution in [0.2, 0.25) is 0 Å². The first-order valence-corrected chi connectivity index (χ1v) is 4.45. The molecule has 0 aliphatic rings. The molecule has 0 radical (unpaired) electrons. The first-order chi connectivity index (χ1) is 6.10. The molecule has 0 saturated heterocycles. The van der Waals surface area contributed by atoms with Crippen molar-refractivity contribution in [2.24, 2.45) is 5.92 Å². The van der Waals surface area contributed by atoms with Crippen molar-refractivity contribution in [3.8, 4) is 0 Å². The molecule has 0 rings (SSSR count). The van der Waals surface area contributed by atoms with Gasteiger partial charge >= 0.3 is 5.97 Å². The molecule has 76 valence electrons. The second-order valence-electron chi connectivity index (χ2n) is 3.23. The normalized spacial score (nSPS) is 9.85. The number of nitrogens with zero attached hydrogens (tertiary/aromatic N) is 1. The molecule has 0 atom stereocenters. The summed E-state index contributed by atoms with van der Waals surface area (Å²) in [6.07, 6.45) is 0.678. The zero-order valence-corrected chi connectivity index (χ0v) is 8.45. The summed E-state index contributed by atoms with van der Waals surface area (Å²) >= 11 is 0. The predicted molar refractivity (Wildman–Crippen MR) is 49.1 cm³/mol. The van der Waals surface area contributed by atoms with Crippen molar-refractivity contribution in [2.75, 3.05) is 19.7 Å². The van der Waals surface area contributed by atoms with Crippen molar-refractivity contribution in [2.45, 2.75) is 20.8 Å². The highest BCUT2D eigenvalue weighted by Crippen LogP contribution is 1.96. The van der Waals surface area contributed by atoms with E-state index in [0.717, 1.165) is 0 Å². The summed E-state index contributed by atoms with van der Waals surface area (Å²) in [5.74, 6) is 0.00914. The number of esters is 1. The second kappa shape index (κ2) is 6.46. The van der Waals surface area contributed by atoms with Crippen molar-refractivity contribution in [1.29, 1.82) is 0 Å². The minimum atomic E-state index is -0.352. The van der Waals surface area contributed by atoms with E-state index in [9.17, 15) is 9.59 Å². The Labute approximate surface area is 78.9 Å². The molecule has 4 heteroatoms. The van der Waals surface area contributed by atoms with E-state index in [1.54, 1.807) is 6.92 Å². The molecular weight excluding hydrogens is 170 g/mol. The summed E-state index contributed by atoms with van der Waals surface area (Å²) in [4.78, 5) is 22.9. The minimum Gasteiger partial charge on any atom is -0.465 e. The summed E-state index contributed by atoms with van der Waals surface area (Å²) in [7, 11) is 0. The molecule has 0 aliphatic carbocycles. The van der Waals surface area contributed by atoms with Crippen LogP contribution in [-0.4, -0.2) is 37.0 Å². The Balaban J connectivity index is 3.83. The lowest BCUT2D eigenvalue weighted by atomic mass is 10.2. The zero-order chi connectivity index (χ0) is 10.3. The molecular formula is C9H17NO3. The number of hydrogen-bond donors (Lipinski definition) is 0. The van der Waals surface area contributed by atoms with E-state index in [2.05, 4.69) is 0 Å². The van der Waals surface area contributed by atoms with Gasteiger partial charge in [-0.05, 0) is 12.8 Å². The van der Waals surface area contributed by atoms with Crippen molar-refractivity contribution in [3.05, 3.63) is 0 Å². The second-order valence-corrected chi connectivity index (χ2v) is 3.23. The maximum absolute atomic E-state index is 11.0. The largest absolute Gasteiger partial charge is 0.465 e. The molecule has 0 aromatic heterocycles. The van der Waals surface area contributed by atoms with Crippen LogP contribution < -0.4 is 0 Å². The Hall–Kier alpha value is -1.06. The Morgan fingerprint density at radius 1 is 1.54 bits per heavy atom. The quantitative estimate of drug-likeness (QED) is 0.453. The van der Waals surface area contributed by atoms with Crippen molar-refractivity contribution in [1.82, 2.24) is 4.90 Å². The van der Waals surface area contributed by atoms with E-state index >= 15 is 0 Å². The Bertz CT molecular complexity index is 168. The molecule has 0 spiro atoms. The highest BCUT2D eigenvalue weighted by Gasteiger charge is 2.10. The van der Waals surface area contributed by atoms with Crippen LogP contribution in [0.25, 0.3) is 0 Å². The molecule has 0 bridgehead atoms. The first-order valence-electron chi connectivity index (χ1n) is 4.45. The third-order valence-electron chi connectivity index (χ3n) is 1.39. The van der Waals surface area contributed by atoms with Gasteiger partial charge in [-0.25, -0.2) is 0 Å². The highest BCUT2D eigenvalue weighted by molar-refractivity contribution is 5.74. The van der Waals surface area contributed by atoms with Gasteiger partial charge in [-0.1, -0.05) is 13.8 Å². The Kier molecular flexibility index (Phi) is 5.93. The number of carbonyl (C=O) groups excluding carboxylic acids is 2. The van der Waals surface area contributed by atoms with Crippen LogP contribution in [0, 0.1) is 5.92 Å². The Morgan fingerprint density at radius 3 is 2.54 bits per heavy atom. The van der Waals surface area contributed by atoms with E-state index in [1.807, 2.05) is 13.8 Å². The topological polar surface area (TPSA) is 46.6 Å². The van der Waals surface area contributed by atoms with Gasteiger partial charge in [-0.2, -0.15) is 0 Å². The van der Waals surface area contributed by atoms with E-state index in [-0.39, 0.29) is 12.5 Å². The van der Waals surface area contributed by atoms with Gasteiger partial charge in [0.15, 0.2) is 0 Å². The fourth-order valence-electron chi connectivity index (χ4n) is 0.986. The minimum absolute atomic E-state index is 0.0511. The predicted octanol–water partition coefficient (Wildman–Crippen LogP) is 0.664. The first kappa shape index (κ1) is 11.9. The van der Waals surface area contributed by atoms with Gasteiger partial charge in [0.2, 0.25) is 6.41 Å². The number of ether oxygens (including phenoxy) is 1. The van der Waals surface area contributed by atoms with Gasteiger partial charge in [0, 0.05) is 6.54 Å². The van der Waals surface area contributed by atoms with Gasteiger partial charge in [0.1, 0.15) is 6.54 Å². The summed E-state index contributed by atoms with van der Waals surface area (Å²) < 4.78 is 4.72. The molecule has 0 aromatic carbocycles. The summed E-state index contributed by atoms with van der Waals surface area (Å²) in [6.45, 7) is 6.71. The SMILES string of the molecule is CCOC(=O)CN(C=O)CC(C)C. The van der Waals surface area contributed by atoms with Gasteiger partial charge < -0.3 is 9.64 Å². The molecule has 0 aromatic rings. The average molecular weight is 187 g/mol. The van der Waals surface area contributed by atoms with Gasteiger partial charge in [-0.15, -0.1) is 0 Å². The summed E-state index contributed by atoms with van der Waals surface area (Å²) in [5.41, 5.74) is 0. The van der Waals surface area contributed by atoms with E-state index in [1.165, 1.54) is 4.90 Å². The van der Waals surface area contributed by atoms with Crippen LogP contribution in [0.15, 0.2) is 0 Å². The van der Waals surface area contributed by atoms with E-state index in [4.69, 9.17) is 4.74 Å². The third-order valence-corrected chi connectivity index (χ3v) is 1.39. The lowest BCUT2D eigenvalue weighted by Gasteiger charge is -2.17. The van der Waals surface area contributed by atoms with Crippen molar-refractivity contribution in [3.63, 3.8) is 0 Å². The van der Waals surface area contributed by atoms with E-state index < -0.39 is 0 Å². The lowest BCUT2D eigenvalue weighted by molar-refractivity contribution is -0.146. The molecule has 4 nitrogen and oxygen atoms in total. The van der Waals surface area contributed by atoms with Crippen molar-refractivity contribution >= 4 is 12.4 Å². The van der Waals surface area contributed by atoms with E-state index in [0.29, 0.717) is 25.5 Å². The molecule has 0 aliphatic heterocycles. The fourth-order valence-corrected chi connectivity index (χ4v) is 0.986. The van der Waals surface area contributed by atoms with Crippen LogP contribution in [0.1, 0.15) is 20.8 Å². The molecule has 0 fully saturated rings. The number of hydrogen-bond acceptors (Lipinski definition) is 3. The van der Waals surface area contributed by atoms with Crippen molar-refractivity contribution < 1.29 is 14.3 Å². The van der Waals surface area contributed by atoms with Gasteiger partial charge in [-0.3, -0.25) is 9.59 Å². The maximum Gasteiger partial charge on any atom is 0.325 e. The molecule has 0 saturated carbocycles. The molecule has 13 heavy (non-hydrogen) atoms. The Morgan fingerprint density at radius 2 is 2.15 bits per heavy atom. The average Bonchev–Trinajstić information content (AvgIpc) is 2.02. The third kappa shape index (κ3) is 6.13. The fraction of sp³-hybridized carbons (Fsp3) is 0.778. The number of carbonyl (C=O) groups is 2. The number of amides is 1. The maximum atomic E-state index is 11.0. The monoisotopic (exact) mass is 187 g/mol. The molecule has 0 heterocycles.